The first-order chi connectivity index (χ1) is 28.3. The minimum atomic E-state index is -5.46. The molecule has 1 unspecified atom stereocenters. The number of rotatable bonds is 12. The number of carbonyl (C=O) groups is 2. The summed E-state index contributed by atoms with van der Waals surface area (Å²) in [5.74, 6) is -4.90. The smallest absolute Gasteiger partial charge is 0.473 e. The van der Waals surface area contributed by atoms with E-state index in [1.807, 2.05) is 0 Å². The van der Waals surface area contributed by atoms with Crippen molar-refractivity contribution in [2.75, 3.05) is 17.7 Å². The van der Waals surface area contributed by atoms with Gasteiger partial charge < -0.3 is 55.3 Å². The SMILES string of the molecule is Nc1ccn([C@@H]2O[C@H](COP(=O)(O)O[C@@H](c3cccc(NC(=O)c4ccc(C(=O)O)c(-c5c6ccc(=O)cc-6oc6cc(O)ccc56)c4)c3)P(=O)(O)O)[C@@H](O)[C@H]2O)c(=O)n1. The average Bonchev–Trinajstić information content (AvgIpc) is 3.46. The summed E-state index contributed by atoms with van der Waals surface area (Å²) < 4.78 is 47.6. The quantitative estimate of drug-likeness (QED) is 0.0630. The number of benzene rings is 4. The summed E-state index contributed by atoms with van der Waals surface area (Å²) in [4.78, 5) is 85.0. The third-order valence-electron chi connectivity index (χ3n) is 9.29. The number of hydrogen-bond acceptors (Lipinski definition) is 15. The van der Waals surface area contributed by atoms with Gasteiger partial charge in [0, 0.05) is 46.1 Å². The maximum Gasteiger partial charge on any atom is 0.473 e. The van der Waals surface area contributed by atoms with E-state index in [0.717, 1.165) is 22.9 Å². The van der Waals surface area contributed by atoms with Gasteiger partial charge >= 0.3 is 27.1 Å². The van der Waals surface area contributed by atoms with Gasteiger partial charge in [-0.3, -0.25) is 27.8 Å². The fourth-order valence-corrected chi connectivity index (χ4v) is 8.73. The van der Waals surface area contributed by atoms with Crippen LogP contribution in [0.15, 0.2) is 105 Å². The molecule has 1 fully saturated rings. The number of aromatic nitrogens is 2. The number of carbonyl (C=O) groups excluding carboxylic acids is 1. The zero-order valence-electron chi connectivity index (χ0n) is 30.3. The first kappa shape index (κ1) is 42.0. The second-order valence-corrected chi connectivity index (χ2v) is 16.4. The van der Waals surface area contributed by atoms with Gasteiger partial charge in [0.1, 0.15) is 41.2 Å². The number of nitrogens with zero attached hydrogens (tertiary/aromatic N) is 2. The molecule has 312 valence electrons. The lowest BCUT2D eigenvalue weighted by Crippen LogP contribution is -2.36. The highest BCUT2D eigenvalue weighted by atomic mass is 31.2. The molecule has 1 aliphatic carbocycles. The van der Waals surface area contributed by atoms with Crippen LogP contribution in [0.2, 0.25) is 0 Å². The van der Waals surface area contributed by atoms with E-state index in [1.165, 1.54) is 72.8 Å². The molecule has 3 aliphatic rings. The summed E-state index contributed by atoms with van der Waals surface area (Å²) in [5, 5.41) is 44.1. The molecule has 6 atom stereocenters. The fraction of sp³-hybridized carbons (Fsp3) is 0.162. The first-order valence-corrected chi connectivity index (χ1v) is 20.5. The number of aliphatic hydroxyl groups is 2. The van der Waals surface area contributed by atoms with E-state index >= 15 is 0 Å². The van der Waals surface area contributed by atoms with E-state index in [0.29, 0.717) is 10.9 Å². The number of aromatic hydroxyl groups is 1. The summed E-state index contributed by atoms with van der Waals surface area (Å²) in [6.45, 7) is -0.974. The number of aromatic carboxylic acids is 1. The molecule has 0 saturated carbocycles. The number of aliphatic hydroxyl groups excluding tert-OH is 2. The number of fused-ring (bicyclic) bond motifs is 2. The van der Waals surface area contributed by atoms with Crippen LogP contribution in [0.5, 0.6) is 5.75 Å². The molecule has 21 nitrogen and oxygen atoms in total. The zero-order chi connectivity index (χ0) is 43.3. The fourth-order valence-electron chi connectivity index (χ4n) is 6.56. The van der Waals surface area contributed by atoms with Crippen LogP contribution in [-0.4, -0.2) is 81.5 Å². The van der Waals surface area contributed by atoms with Crippen LogP contribution in [0.1, 0.15) is 38.4 Å². The van der Waals surface area contributed by atoms with Gasteiger partial charge in [0.05, 0.1) is 12.2 Å². The van der Waals surface area contributed by atoms with E-state index in [9.17, 15) is 63.4 Å². The van der Waals surface area contributed by atoms with Crippen molar-refractivity contribution in [2.24, 2.45) is 0 Å². The minimum absolute atomic E-state index is 0.0319. The molecule has 1 aromatic heterocycles. The lowest BCUT2D eigenvalue weighted by Gasteiger charge is -2.23. The molecule has 10 N–H and O–H groups in total. The highest BCUT2D eigenvalue weighted by Crippen LogP contribution is 2.61. The molecule has 3 aromatic carbocycles. The Kier molecular flexibility index (Phi) is 11.3. The van der Waals surface area contributed by atoms with Crippen LogP contribution in [0.3, 0.4) is 0 Å². The number of nitrogens with two attached hydrogens (primary N) is 1. The van der Waals surface area contributed by atoms with Crippen molar-refractivity contribution in [3.8, 4) is 28.2 Å². The van der Waals surface area contributed by atoms with Gasteiger partial charge in [-0.1, -0.05) is 12.1 Å². The highest BCUT2D eigenvalue weighted by Gasteiger charge is 2.46. The number of carboxylic acid groups (broad SMARTS) is 1. The second-order valence-electron chi connectivity index (χ2n) is 13.4. The maximum absolute atomic E-state index is 13.7. The lowest BCUT2D eigenvalue weighted by molar-refractivity contribution is -0.0556. The van der Waals surface area contributed by atoms with Crippen molar-refractivity contribution in [3.63, 3.8) is 0 Å². The van der Waals surface area contributed by atoms with Crippen molar-refractivity contribution in [1.29, 1.82) is 0 Å². The zero-order valence-corrected chi connectivity index (χ0v) is 32.1. The summed E-state index contributed by atoms with van der Waals surface area (Å²) >= 11 is 0. The van der Waals surface area contributed by atoms with E-state index in [-0.39, 0.29) is 50.9 Å². The van der Waals surface area contributed by atoms with Gasteiger partial charge in [0.25, 0.3) is 5.91 Å². The third-order valence-corrected chi connectivity index (χ3v) is 11.4. The summed E-state index contributed by atoms with van der Waals surface area (Å²) in [6.07, 6.45) is -5.47. The highest BCUT2D eigenvalue weighted by molar-refractivity contribution is 7.53. The Morgan fingerprint density at radius 2 is 1.70 bits per heavy atom. The molecule has 0 bridgehead atoms. The van der Waals surface area contributed by atoms with Gasteiger partial charge in [-0.15, -0.1) is 0 Å². The topological polar surface area (TPSA) is 341 Å². The van der Waals surface area contributed by atoms with Crippen molar-refractivity contribution >= 4 is 49.8 Å². The Balaban J connectivity index is 1.13. The predicted octanol–water partition coefficient (Wildman–Crippen LogP) is 2.99. The van der Waals surface area contributed by atoms with E-state index < -0.39 is 81.0 Å². The van der Waals surface area contributed by atoms with Crippen LogP contribution in [-0.2, 0) is 22.9 Å². The number of nitrogens with one attached hydrogen (secondary N) is 1. The molecule has 7 rings (SSSR count). The molecule has 23 heteroatoms. The molecular weight excluding hydrogens is 834 g/mol. The van der Waals surface area contributed by atoms with Gasteiger partial charge in [-0.25, -0.2) is 14.2 Å². The minimum Gasteiger partial charge on any atom is -0.508 e. The Hall–Kier alpha value is -6.09. The molecule has 4 aromatic rings. The normalized spacial score (nSPS) is 19.6. The van der Waals surface area contributed by atoms with E-state index in [4.69, 9.17) is 23.9 Å². The largest absolute Gasteiger partial charge is 0.508 e. The Labute approximate surface area is 335 Å². The first-order valence-electron chi connectivity index (χ1n) is 17.4. The number of nitrogen functional groups attached to an aromatic ring is 1. The number of phenols is 1. The monoisotopic (exact) mass is 866 g/mol. The molecule has 0 radical (unpaired) electrons. The van der Waals surface area contributed by atoms with E-state index in [2.05, 4.69) is 10.3 Å². The van der Waals surface area contributed by atoms with E-state index in [1.54, 1.807) is 0 Å². The Morgan fingerprint density at radius 1 is 0.933 bits per heavy atom. The van der Waals surface area contributed by atoms with Gasteiger partial charge in [0.2, 0.25) is 0 Å². The number of phosphoric acid groups is 1. The van der Waals surface area contributed by atoms with Crippen molar-refractivity contribution in [2.45, 2.75) is 30.4 Å². The van der Waals surface area contributed by atoms with Gasteiger partial charge in [-0.05, 0) is 71.8 Å². The lowest BCUT2D eigenvalue weighted by atomic mass is 9.89. The number of phosphoric ester groups is 1. The molecule has 1 amide bonds. The average molecular weight is 867 g/mol. The number of hydrogen-bond donors (Lipinski definition) is 9. The number of carboxylic acids is 1. The second kappa shape index (κ2) is 16.2. The summed E-state index contributed by atoms with van der Waals surface area (Å²) in [7, 11) is -10.9. The molecule has 2 aliphatic heterocycles. The van der Waals surface area contributed by atoms with Crippen molar-refractivity contribution in [1.82, 2.24) is 9.55 Å². The predicted molar refractivity (Wildman–Crippen MR) is 208 cm³/mol. The molecule has 1 saturated heterocycles. The van der Waals surface area contributed by atoms with Crippen LogP contribution >= 0.6 is 15.4 Å². The molecular formula is C37H32N4O17P2. The van der Waals surface area contributed by atoms with Crippen LogP contribution < -0.4 is 22.2 Å². The maximum atomic E-state index is 13.7. The Bertz CT molecular complexity index is 2860. The van der Waals surface area contributed by atoms with Crippen molar-refractivity contribution < 1.29 is 72.0 Å². The molecule has 60 heavy (non-hydrogen) atoms. The van der Waals surface area contributed by atoms with Gasteiger partial charge in [-0.2, -0.15) is 4.98 Å². The standard InChI is InChI=1S/C37H32N4O17P2/c38-29-10-11-41(37(49)40-29)34-32(45)31(44)28(57-34)16-55-60(53,54)58-36(59(50,51)52)18-2-1-3-19(12-18)39-33(46)17-4-7-22(35(47)48)25(13-17)30-23-8-5-20(42)14-26(23)56-27-15-21(43)6-9-24(27)30/h1-15,28,31-32,34,36,42,44-45H,16H2,(H,39,46)(H,47,48)(H,53,54)(H2,38,40,49)(H2,50,51,52)/t28-,31-,32-,34-,36-/m1/s1. The van der Waals surface area contributed by atoms with Crippen LogP contribution in [0.25, 0.3) is 33.4 Å². The number of amides is 1. The summed E-state index contributed by atoms with van der Waals surface area (Å²) in [6, 6.07) is 17.5. The van der Waals surface area contributed by atoms with Gasteiger partial charge in [0.15, 0.2) is 17.5 Å². The number of phenolic OH excluding ortho intramolecular Hbond substituents is 1. The summed E-state index contributed by atoms with van der Waals surface area (Å²) in [5.41, 5.74) is 3.99. The number of anilines is 2. The number of ether oxygens (including phenoxy) is 1. The molecule has 3 heterocycles. The third kappa shape index (κ3) is 8.62. The Morgan fingerprint density at radius 3 is 2.42 bits per heavy atom. The van der Waals surface area contributed by atoms with Crippen LogP contribution in [0.4, 0.5) is 11.5 Å². The van der Waals surface area contributed by atoms with Crippen LogP contribution in [0, 0.1) is 0 Å². The molecule has 0 spiro atoms. The van der Waals surface area contributed by atoms with Crippen molar-refractivity contribution in [3.05, 3.63) is 129 Å².